The van der Waals surface area contributed by atoms with Crippen LogP contribution < -0.4 is 9.47 Å². The number of hydrogen-bond donors (Lipinski definition) is 0. The summed E-state index contributed by atoms with van der Waals surface area (Å²) in [7, 11) is -0.507. The van der Waals surface area contributed by atoms with Crippen LogP contribution in [0, 0.1) is 6.92 Å². The fourth-order valence-electron chi connectivity index (χ4n) is 3.10. The first-order chi connectivity index (χ1) is 13.3. The first-order valence-corrected chi connectivity index (χ1v) is 10.4. The summed E-state index contributed by atoms with van der Waals surface area (Å²) in [4.78, 5) is 14.8. The van der Waals surface area contributed by atoms with E-state index in [0.29, 0.717) is 30.2 Å². The molecule has 150 valence electrons. The molecular weight excluding hydrogens is 380 g/mol. The Bertz CT molecular complexity index is 927. The van der Waals surface area contributed by atoms with Gasteiger partial charge in [-0.05, 0) is 31.2 Å². The fraction of sp³-hybridized carbons (Fsp3) is 0.350. The highest BCUT2D eigenvalue weighted by Crippen LogP contribution is 2.24. The second kappa shape index (κ2) is 8.20. The Morgan fingerprint density at radius 1 is 0.893 bits per heavy atom. The van der Waals surface area contributed by atoms with E-state index in [1.807, 2.05) is 6.92 Å². The van der Waals surface area contributed by atoms with Gasteiger partial charge in [-0.25, -0.2) is 8.42 Å². The van der Waals surface area contributed by atoms with Gasteiger partial charge in [-0.15, -0.1) is 0 Å². The van der Waals surface area contributed by atoms with Gasteiger partial charge in [0.25, 0.3) is 5.91 Å². The zero-order chi connectivity index (χ0) is 20.3. The van der Waals surface area contributed by atoms with E-state index >= 15 is 0 Å². The minimum atomic E-state index is -3.56. The van der Waals surface area contributed by atoms with E-state index in [9.17, 15) is 13.2 Å². The van der Waals surface area contributed by atoms with Gasteiger partial charge in [0.2, 0.25) is 10.0 Å². The molecule has 0 spiro atoms. The van der Waals surface area contributed by atoms with Crippen molar-refractivity contribution in [1.29, 1.82) is 0 Å². The Kier molecular flexibility index (Phi) is 5.90. The average Bonchev–Trinajstić information content (AvgIpc) is 2.73. The van der Waals surface area contributed by atoms with Crippen LogP contribution in [0.2, 0.25) is 0 Å². The van der Waals surface area contributed by atoms with Crippen molar-refractivity contribution in [3.63, 3.8) is 0 Å². The Balaban J connectivity index is 1.71. The molecule has 1 fully saturated rings. The van der Waals surface area contributed by atoms with E-state index in [1.54, 1.807) is 47.4 Å². The fourth-order valence-corrected chi connectivity index (χ4v) is 4.53. The third-order valence-corrected chi connectivity index (χ3v) is 6.70. The molecule has 0 unspecified atom stereocenters. The minimum Gasteiger partial charge on any atom is -0.497 e. The van der Waals surface area contributed by atoms with Crippen LogP contribution in [-0.2, 0) is 10.0 Å². The topological polar surface area (TPSA) is 76.2 Å². The normalized spacial score (nSPS) is 15.3. The van der Waals surface area contributed by atoms with Gasteiger partial charge in [0, 0.05) is 37.8 Å². The van der Waals surface area contributed by atoms with E-state index in [0.717, 1.165) is 5.56 Å². The molecule has 1 aliphatic rings. The number of sulfonamides is 1. The third-order valence-electron chi connectivity index (χ3n) is 4.78. The summed E-state index contributed by atoms with van der Waals surface area (Å²) >= 11 is 0. The van der Waals surface area contributed by atoms with Crippen molar-refractivity contribution in [2.75, 3.05) is 40.4 Å². The highest BCUT2D eigenvalue weighted by molar-refractivity contribution is 7.89. The lowest BCUT2D eigenvalue weighted by atomic mass is 10.1. The SMILES string of the molecule is COc1cc(OC)cc(C(=O)N2CCN(S(=O)(=O)c3ccc(C)cc3)CC2)c1. The predicted molar refractivity (Wildman–Crippen MR) is 105 cm³/mol. The predicted octanol–water partition coefficient (Wildman–Crippen LogP) is 2.16. The standard InChI is InChI=1S/C20H24N2O5S/c1-15-4-6-19(7-5-15)28(24,25)22-10-8-21(9-11-22)20(23)16-12-17(26-2)14-18(13-16)27-3/h4-7,12-14H,8-11H2,1-3H3. The van der Waals surface area contributed by atoms with Gasteiger partial charge in [-0.3, -0.25) is 4.79 Å². The molecule has 1 amide bonds. The number of benzene rings is 2. The smallest absolute Gasteiger partial charge is 0.254 e. The molecule has 0 atom stereocenters. The zero-order valence-electron chi connectivity index (χ0n) is 16.2. The number of carbonyl (C=O) groups is 1. The molecule has 2 aromatic rings. The Labute approximate surface area is 165 Å². The van der Waals surface area contributed by atoms with Crippen molar-refractivity contribution in [1.82, 2.24) is 9.21 Å². The van der Waals surface area contributed by atoms with E-state index < -0.39 is 10.0 Å². The summed E-state index contributed by atoms with van der Waals surface area (Å²) in [6.07, 6.45) is 0. The van der Waals surface area contributed by atoms with Gasteiger partial charge >= 0.3 is 0 Å². The first kappa shape index (κ1) is 20.2. The lowest BCUT2D eigenvalue weighted by Gasteiger charge is -2.34. The largest absolute Gasteiger partial charge is 0.497 e. The number of rotatable bonds is 5. The maximum Gasteiger partial charge on any atom is 0.254 e. The van der Waals surface area contributed by atoms with Crippen LogP contribution in [0.5, 0.6) is 11.5 Å². The Morgan fingerprint density at radius 2 is 1.43 bits per heavy atom. The summed E-state index contributed by atoms with van der Waals surface area (Å²) in [5, 5.41) is 0. The zero-order valence-corrected chi connectivity index (χ0v) is 17.0. The third kappa shape index (κ3) is 4.13. The second-order valence-corrected chi connectivity index (χ2v) is 8.55. The highest BCUT2D eigenvalue weighted by atomic mass is 32.2. The molecular formula is C20H24N2O5S. The molecule has 0 saturated carbocycles. The van der Waals surface area contributed by atoms with Crippen molar-refractivity contribution >= 4 is 15.9 Å². The number of amides is 1. The Hall–Kier alpha value is -2.58. The van der Waals surface area contributed by atoms with E-state index in [4.69, 9.17) is 9.47 Å². The van der Waals surface area contributed by atoms with Crippen LogP contribution in [0.25, 0.3) is 0 Å². The average molecular weight is 404 g/mol. The Morgan fingerprint density at radius 3 is 1.93 bits per heavy atom. The van der Waals surface area contributed by atoms with Crippen LogP contribution in [0.15, 0.2) is 47.4 Å². The molecule has 1 heterocycles. The monoisotopic (exact) mass is 404 g/mol. The molecule has 0 aliphatic carbocycles. The number of aryl methyl sites for hydroxylation is 1. The van der Waals surface area contributed by atoms with Crippen molar-refractivity contribution in [2.24, 2.45) is 0 Å². The summed E-state index contributed by atoms with van der Waals surface area (Å²) in [6.45, 7) is 3.06. The number of hydrogen-bond acceptors (Lipinski definition) is 5. The maximum atomic E-state index is 12.8. The number of nitrogens with zero attached hydrogens (tertiary/aromatic N) is 2. The van der Waals surface area contributed by atoms with Gasteiger partial charge in [0.1, 0.15) is 11.5 Å². The maximum absolute atomic E-state index is 12.8. The van der Waals surface area contributed by atoms with Crippen molar-refractivity contribution in [3.8, 4) is 11.5 Å². The van der Waals surface area contributed by atoms with Gasteiger partial charge < -0.3 is 14.4 Å². The lowest BCUT2D eigenvalue weighted by molar-refractivity contribution is 0.0697. The first-order valence-electron chi connectivity index (χ1n) is 8.94. The number of methoxy groups -OCH3 is 2. The van der Waals surface area contributed by atoms with E-state index in [1.165, 1.54) is 18.5 Å². The van der Waals surface area contributed by atoms with Gasteiger partial charge in [0.15, 0.2) is 0 Å². The molecule has 7 nitrogen and oxygen atoms in total. The number of ether oxygens (including phenoxy) is 2. The van der Waals surface area contributed by atoms with E-state index in [2.05, 4.69) is 0 Å². The molecule has 28 heavy (non-hydrogen) atoms. The van der Waals surface area contributed by atoms with Crippen LogP contribution in [0.3, 0.4) is 0 Å². The quantitative estimate of drug-likeness (QED) is 0.763. The van der Waals surface area contributed by atoms with Gasteiger partial charge in [-0.1, -0.05) is 17.7 Å². The van der Waals surface area contributed by atoms with Crippen molar-refractivity contribution < 1.29 is 22.7 Å². The minimum absolute atomic E-state index is 0.176. The molecule has 0 N–H and O–H groups in total. The van der Waals surface area contributed by atoms with Crippen LogP contribution in [-0.4, -0.2) is 63.9 Å². The molecule has 8 heteroatoms. The van der Waals surface area contributed by atoms with Crippen LogP contribution in [0.1, 0.15) is 15.9 Å². The molecule has 2 aromatic carbocycles. The summed E-state index contributed by atoms with van der Waals surface area (Å²) in [5.41, 5.74) is 1.45. The second-order valence-electron chi connectivity index (χ2n) is 6.61. The summed E-state index contributed by atoms with van der Waals surface area (Å²) in [6, 6.07) is 11.8. The summed E-state index contributed by atoms with van der Waals surface area (Å²) in [5.74, 6) is 0.885. The van der Waals surface area contributed by atoms with Gasteiger partial charge in [0.05, 0.1) is 19.1 Å². The lowest BCUT2D eigenvalue weighted by Crippen LogP contribution is -2.50. The van der Waals surface area contributed by atoms with Crippen molar-refractivity contribution in [2.45, 2.75) is 11.8 Å². The van der Waals surface area contributed by atoms with Gasteiger partial charge in [-0.2, -0.15) is 4.31 Å². The molecule has 1 aliphatic heterocycles. The molecule has 3 rings (SSSR count). The van der Waals surface area contributed by atoms with Crippen molar-refractivity contribution in [3.05, 3.63) is 53.6 Å². The molecule has 1 saturated heterocycles. The summed E-state index contributed by atoms with van der Waals surface area (Å²) < 4.78 is 37.5. The molecule has 0 bridgehead atoms. The molecule has 0 radical (unpaired) electrons. The number of carbonyl (C=O) groups excluding carboxylic acids is 1. The van der Waals surface area contributed by atoms with Crippen LogP contribution in [0.4, 0.5) is 0 Å². The highest BCUT2D eigenvalue weighted by Gasteiger charge is 2.30. The van der Waals surface area contributed by atoms with Crippen LogP contribution >= 0.6 is 0 Å². The molecule has 0 aromatic heterocycles. The van der Waals surface area contributed by atoms with E-state index in [-0.39, 0.29) is 23.9 Å². The number of piperazine rings is 1.